The van der Waals surface area contributed by atoms with E-state index in [1.165, 1.54) is 32.1 Å². The largest absolute Gasteiger partial charge is 0.299 e. The Morgan fingerprint density at radius 3 is 2.84 bits per heavy atom. The first-order valence-electron chi connectivity index (χ1n) is 7.99. The molecule has 2 nitrogen and oxygen atoms in total. The van der Waals surface area contributed by atoms with E-state index in [9.17, 15) is 5.26 Å². The molecule has 3 heteroatoms. The minimum atomic E-state index is -0.214. The Bertz CT molecular complexity index is 325. The van der Waals surface area contributed by atoms with Crippen molar-refractivity contribution in [2.45, 2.75) is 81.3 Å². The average molecular weight is 280 g/mol. The SMILES string of the molecule is CCCNC1(C#N)CCC(SC2CCCC(C)C2)C1. The van der Waals surface area contributed by atoms with Crippen LogP contribution in [-0.4, -0.2) is 22.6 Å². The second kappa shape index (κ2) is 6.99. The first kappa shape index (κ1) is 15.2. The monoisotopic (exact) mass is 280 g/mol. The average Bonchev–Trinajstić information content (AvgIpc) is 2.80. The van der Waals surface area contributed by atoms with Crippen molar-refractivity contribution >= 4 is 11.8 Å². The molecule has 0 aromatic carbocycles. The molecule has 0 amide bonds. The van der Waals surface area contributed by atoms with Crippen LogP contribution < -0.4 is 5.32 Å². The minimum absolute atomic E-state index is 0.214. The predicted molar refractivity (Wildman–Crippen MR) is 83.3 cm³/mol. The lowest BCUT2D eigenvalue weighted by Gasteiger charge is -2.29. The summed E-state index contributed by atoms with van der Waals surface area (Å²) < 4.78 is 0. The molecule has 2 aliphatic carbocycles. The lowest BCUT2D eigenvalue weighted by Crippen LogP contribution is -2.42. The Kier molecular flexibility index (Phi) is 5.59. The van der Waals surface area contributed by atoms with Crippen LogP contribution in [0, 0.1) is 17.2 Å². The Hall–Kier alpha value is -0.200. The maximum atomic E-state index is 9.49. The van der Waals surface area contributed by atoms with Gasteiger partial charge in [0.15, 0.2) is 0 Å². The number of hydrogen-bond acceptors (Lipinski definition) is 3. The molecule has 0 saturated heterocycles. The van der Waals surface area contributed by atoms with Crippen LogP contribution in [0.3, 0.4) is 0 Å². The van der Waals surface area contributed by atoms with E-state index in [0.717, 1.165) is 37.0 Å². The van der Waals surface area contributed by atoms with Crippen molar-refractivity contribution < 1.29 is 0 Å². The summed E-state index contributed by atoms with van der Waals surface area (Å²) in [7, 11) is 0. The zero-order valence-electron chi connectivity index (χ0n) is 12.5. The molecule has 0 spiro atoms. The van der Waals surface area contributed by atoms with E-state index in [4.69, 9.17) is 0 Å². The van der Waals surface area contributed by atoms with Gasteiger partial charge in [0.1, 0.15) is 5.54 Å². The predicted octanol–water partition coefficient (Wildman–Crippen LogP) is 4.11. The summed E-state index contributed by atoms with van der Waals surface area (Å²) in [5.74, 6) is 0.909. The summed E-state index contributed by atoms with van der Waals surface area (Å²) in [5.41, 5.74) is -0.214. The molecular weight excluding hydrogens is 252 g/mol. The second-order valence-corrected chi connectivity index (χ2v) is 8.12. The topological polar surface area (TPSA) is 35.8 Å². The van der Waals surface area contributed by atoms with Crippen LogP contribution >= 0.6 is 11.8 Å². The third kappa shape index (κ3) is 4.13. The van der Waals surface area contributed by atoms with Gasteiger partial charge in [-0.25, -0.2) is 0 Å². The molecule has 2 rings (SSSR count). The normalized spacial score (nSPS) is 39.1. The van der Waals surface area contributed by atoms with Crippen LogP contribution in [-0.2, 0) is 0 Å². The summed E-state index contributed by atoms with van der Waals surface area (Å²) in [4.78, 5) is 0. The number of nitrogens with one attached hydrogen (secondary N) is 1. The van der Waals surface area contributed by atoms with Crippen molar-refractivity contribution in [3.8, 4) is 6.07 Å². The smallest absolute Gasteiger partial charge is 0.107 e. The molecule has 1 N–H and O–H groups in total. The van der Waals surface area contributed by atoms with Crippen LogP contribution in [0.25, 0.3) is 0 Å². The van der Waals surface area contributed by atoms with Crippen LogP contribution in [0.15, 0.2) is 0 Å². The summed E-state index contributed by atoms with van der Waals surface area (Å²) in [5, 5.41) is 14.5. The van der Waals surface area contributed by atoms with Crippen molar-refractivity contribution in [3.05, 3.63) is 0 Å². The van der Waals surface area contributed by atoms with Crippen LogP contribution in [0.4, 0.5) is 0 Å². The molecule has 4 atom stereocenters. The highest BCUT2D eigenvalue weighted by Crippen LogP contribution is 2.42. The lowest BCUT2D eigenvalue weighted by atomic mass is 9.91. The maximum absolute atomic E-state index is 9.49. The molecule has 2 fully saturated rings. The van der Waals surface area contributed by atoms with Gasteiger partial charge < -0.3 is 0 Å². The van der Waals surface area contributed by atoms with Gasteiger partial charge in [-0.1, -0.05) is 26.7 Å². The lowest BCUT2D eigenvalue weighted by molar-refractivity contribution is 0.393. The van der Waals surface area contributed by atoms with E-state index in [0.29, 0.717) is 5.25 Å². The van der Waals surface area contributed by atoms with Gasteiger partial charge in [0.25, 0.3) is 0 Å². The van der Waals surface area contributed by atoms with Crippen LogP contribution in [0.1, 0.15) is 65.2 Å². The summed E-state index contributed by atoms with van der Waals surface area (Å²) in [6.07, 6.45) is 10.0. The first-order valence-corrected chi connectivity index (χ1v) is 8.93. The highest BCUT2D eigenvalue weighted by Gasteiger charge is 2.40. The molecule has 0 aromatic heterocycles. The summed E-state index contributed by atoms with van der Waals surface area (Å²) >= 11 is 2.19. The van der Waals surface area contributed by atoms with Gasteiger partial charge in [0.05, 0.1) is 6.07 Å². The Balaban J connectivity index is 1.82. The Morgan fingerprint density at radius 1 is 1.32 bits per heavy atom. The van der Waals surface area contributed by atoms with Crippen molar-refractivity contribution in [1.82, 2.24) is 5.32 Å². The van der Waals surface area contributed by atoms with E-state index >= 15 is 0 Å². The quantitative estimate of drug-likeness (QED) is 0.823. The number of hydrogen-bond donors (Lipinski definition) is 1. The Labute approximate surface area is 122 Å². The molecule has 2 aliphatic rings. The zero-order valence-corrected chi connectivity index (χ0v) is 13.3. The number of rotatable bonds is 5. The maximum Gasteiger partial charge on any atom is 0.107 e. The van der Waals surface area contributed by atoms with E-state index in [1.54, 1.807) is 0 Å². The van der Waals surface area contributed by atoms with Crippen LogP contribution in [0.5, 0.6) is 0 Å². The Morgan fingerprint density at radius 2 is 2.16 bits per heavy atom. The molecule has 19 heavy (non-hydrogen) atoms. The molecule has 0 heterocycles. The number of nitrogens with zero attached hydrogens (tertiary/aromatic N) is 1. The molecule has 108 valence electrons. The van der Waals surface area contributed by atoms with Gasteiger partial charge in [-0.2, -0.15) is 17.0 Å². The minimum Gasteiger partial charge on any atom is -0.299 e. The number of thioether (sulfide) groups is 1. The fraction of sp³-hybridized carbons (Fsp3) is 0.938. The van der Waals surface area contributed by atoms with Gasteiger partial charge in [-0.15, -0.1) is 0 Å². The molecule has 0 radical (unpaired) electrons. The fourth-order valence-corrected chi connectivity index (χ4v) is 5.48. The standard InChI is InChI=1S/C16H28N2S/c1-3-9-18-16(12-17)8-7-15(11-16)19-14-6-4-5-13(2)10-14/h13-15,18H,3-11H2,1-2H3. The zero-order chi connectivity index (χ0) is 13.7. The van der Waals surface area contributed by atoms with E-state index in [2.05, 4.69) is 37.0 Å². The van der Waals surface area contributed by atoms with E-state index in [1.807, 2.05) is 0 Å². The van der Waals surface area contributed by atoms with Gasteiger partial charge >= 0.3 is 0 Å². The van der Waals surface area contributed by atoms with Crippen molar-refractivity contribution in [3.63, 3.8) is 0 Å². The summed E-state index contributed by atoms with van der Waals surface area (Å²) in [6, 6.07) is 2.56. The molecule has 0 aromatic rings. The van der Waals surface area contributed by atoms with Crippen molar-refractivity contribution in [1.29, 1.82) is 5.26 Å². The third-order valence-corrected chi connectivity index (χ3v) is 6.27. The molecule has 0 bridgehead atoms. The third-order valence-electron chi connectivity index (χ3n) is 4.67. The van der Waals surface area contributed by atoms with Gasteiger partial charge in [0.2, 0.25) is 0 Å². The van der Waals surface area contributed by atoms with Crippen LogP contribution in [0.2, 0.25) is 0 Å². The number of nitriles is 1. The van der Waals surface area contributed by atoms with E-state index in [-0.39, 0.29) is 5.54 Å². The second-order valence-electron chi connectivity index (χ2n) is 6.52. The molecular formula is C16H28N2S. The van der Waals surface area contributed by atoms with Gasteiger partial charge in [-0.3, -0.25) is 5.32 Å². The molecule has 2 saturated carbocycles. The molecule has 4 unspecified atom stereocenters. The highest BCUT2D eigenvalue weighted by molar-refractivity contribution is 8.00. The fourth-order valence-electron chi connectivity index (χ4n) is 3.56. The van der Waals surface area contributed by atoms with E-state index < -0.39 is 0 Å². The molecule has 0 aliphatic heterocycles. The van der Waals surface area contributed by atoms with Crippen molar-refractivity contribution in [2.75, 3.05) is 6.54 Å². The first-order chi connectivity index (χ1) is 9.17. The summed E-state index contributed by atoms with van der Waals surface area (Å²) in [6.45, 7) is 5.54. The van der Waals surface area contributed by atoms with Gasteiger partial charge in [0, 0.05) is 10.5 Å². The van der Waals surface area contributed by atoms with Gasteiger partial charge in [-0.05, 0) is 51.0 Å². The highest BCUT2D eigenvalue weighted by atomic mass is 32.2. The van der Waals surface area contributed by atoms with Crippen molar-refractivity contribution in [2.24, 2.45) is 5.92 Å².